The number of nitrogens with zero attached hydrogens (tertiary/aromatic N) is 2. The lowest BCUT2D eigenvalue weighted by molar-refractivity contribution is 0.0974. The molecule has 0 fully saturated rings. The molecule has 0 saturated heterocycles. The van der Waals surface area contributed by atoms with Crippen LogP contribution in [0, 0.1) is 0 Å². The summed E-state index contributed by atoms with van der Waals surface area (Å²) in [7, 11) is 0. The Kier molecular flexibility index (Phi) is 2.29. The van der Waals surface area contributed by atoms with Gasteiger partial charge in [0.1, 0.15) is 4.88 Å². The number of hydrogen-bond donors (Lipinski definition) is 0. The average Bonchev–Trinajstić information content (AvgIpc) is 2.79. The molecule has 0 N–H and O–H groups in total. The Labute approximate surface area is 97.3 Å². The van der Waals surface area contributed by atoms with Gasteiger partial charge in [0.15, 0.2) is 5.78 Å². The molecule has 2 aromatic rings. The standard InChI is InChI=1S/C12H10N2OS/c15-11(12-7-13-14-16-12)6-9-5-8-3-1-2-4-10(8)9/h1-4,7,9H,5-6H2. The minimum Gasteiger partial charge on any atom is -0.293 e. The number of fused-ring (bicyclic) bond motifs is 1. The van der Waals surface area contributed by atoms with E-state index in [1.54, 1.807) is 6.20 Å². The molecular weight excluding hydrogens is 220 g/mol. The van der Waals surface area contributed by atoms with E-state index in [0.717, 1.165) is 6.42 Å². The van der Waals surface area contributed by atoms with Gasteiger partial charge in [0.2, 0.25) is 0 Å². The van der Waals surface area contributed by atoms with E-state index in [1.165, 1.54) is 22.7 Å². The van der Waals surface area contributed by atoms with Crippen LogP contribution < -0.4 is 0 Å². The van der Waals surface area contributed by atoms with Gasteiger partial charge < -0.3 is 0 Å². The second-order valence-corrected chi connectivity index (χ2v) is 4.79. The Morgan fingerprint density at radius 2 is 2.31 bits per heavy atom. The third kappa shape index (κ3) is 1.55. The van der Waals surface area contributed by atoms with E-state index in [2.05, 4.69) is 21.7 Å². The van der Waals surface area contributed by atoms with Crippen LogP contribution in [0.25, 0.3) is 0 Å². The van der Waals surface area contributed by atoms with E-state index in [1.807, 2.05) is 12.1 Å². The summed E-state index contributed by atoms with van der Waals surface area (Å²) in [5, 5.41) is 3.69. The maximum atomic E-state index is 11.8. The van der Waals surface area contributed by atoms with Crippen LogP contribution in [0.5, 0.6) is 0 Å². The van der Waals surface area contributed by atoms with Gasteiger partial charge in [-0.1, -0.05) is 28.8 Å². The molecule has 0 bridgehead atoms. The van der Waals surface area contributed by atoms with Crippen LogP contribution in [0.2, 0.25) is 0 Å². The molecule has 0 saturated carbocycles. The summed E-state index contributed by atoms with van der Waals surface area (Å²) in [6.07, 6.45) is 3.16. The molecule has 1 aliphatic rings. The van der Waals surface area contributed by atoms with Gasteiger partial charge in [-0.3, -0.25) is 4.79 Å². The molecule has 1 heterocycles. The Hall–Kier alpha value is -1.55. The van der Waals surface area contributed by atoms with E-state index >= 15 is 0 Å². The summed E-state index contributed by atoms with van der Waals surface area (Å²) >= 11 is 1.18. The van der Waals surface area contributed by atoms with Gasteiger partial charge in [0.05, 0.1) is 6.20 Å². The fourth-order valence-electron chi connectivity index (χ4n) is 2.16. The zero-order valence-electron chi connectivity index (χ0n) is 8.59. The van der Waals surface area contributed by atoms with Crippen LogP contribution >= 0.6 is 11.5 Å². The number of carbonyl (C=O) groups excluding carboxylic acids is 1. The number of aromatic nitrogens is 2. The molecule has 0 amide bonds. The van der Waals surface area contributed by atoms with E-state index in [9.17, 15) is 4.79 Å². The number of ketones is 1. The molecular formula is C12H10N2OS. The highest BCUT2D eigenvalue weighted by Gasteiger charge is 2.28. The number of carbonyl (C=O) groups is 1. The van der Waals surface area contributed by atoms with Crippen molar-refractivity contribution >= 4 is 17.3 Å². The Morgan fingerprint density at radius 1 is 1.44 bits per heavy atom. The molecule has 0 spiro atoms. The molecule has 3 rings (SSSR count). The molecule has 0 aliphatic heterocycles. The van der Waals surface area contributed by atoms with E-state index in [-0.39, 0.29) is 5.78 Å². The smallest absolute Gasteiger partial charge is 0.176 e. The van der Waals surface area contributed by atoms with Crippen LogP contribution in [-0.2, 0) is 6.42 Å². The summed E-state index contributed by atoms with van der Waals surface area (Å²) in [5.41, 5.74) is 2.70. The Morgan fingerprint density at radius 3 is 3.06 bits per heavy atom. The topological polar surface area (TPSA) is 42.9 Å². The van der Waals surface area contributed by atoms with Crippen molar-refractivity contribution in [2.24, 2.45) is 0 Å². The number of rotatable bonds is 3. The Balaban J connectivity index is 1.73. The van der Waals surface area contributed by atoms with Gasteiger partial charge in [-0.2, -0.15) is 0 Å². The van der Waals surface area contributed by atoms with Crippen molar-refractivity contribution in [2.45, 2.75) is 18.8 Å². The van der Waals surface area contributed by atoms with Crippen molar-refractivity contribution in [3.05, 3.63) is 46.5 Å². The molecule has 1 aromatic carbocycles. The predicted octanol–water partition coefficient (Wildman–Crippen LogP) is 2.45. The number of benzene rings is 1. The summed E-state index contributed by atoms with van der Waals surface area (Å²) in [5.74, 6) is 0.556. The fraction of sp³-hybridized carbons (Fsp3) is 0.250. The lowest BCUT2D eigenvalue weighted by atomic mass is 9.75. The molecule has 16 heavy (non-hydrogen) atoms. The first kappa shape index (κ1) is 9.66. The number of hydrogen-bond acceptors (Lipinski definition) is 4. The molecule has 4 heteroatoms. The van der Waals surface area contributed by atoms with Crippen molar-refractivity contribution in [3.8, 4) is 0 Å². The van der Waals surface area contributed by atoms with Crippen LogP contribution in [0.4, 0.5) is 0 Å². The van der Waals surface area contributed by atoms with Crippen molar-refractivity contribution in [1.82, 2.24) is 9.59 Å². The average molecular weight is 230 g/mol. The van der Waals surface area contributed by atoms with Gasteiger partial charge in [-0.05, 0) is 35.0 Å². The normalized spacial score (nSPS) is 17.6. The van der Waals surface area contributed by atoms with Crippen LogP contribution in [0.3, 0.4) is 0 Å². The van der Waals surface area contributed by atoms with Gasteiger partial charge in [-0.25, -0.2) is 0 Å². The highest BCUT2D eigenvalue weighted by molar-refractivity contribution is 7.07. The van der Waals surface area contributed by atoms with Crippen LogP contribution in [0.15, 0.2) is 30.5 Å². The summed E-state index contributed by atoms with van der Waals surface area (Å²) in [6, 6.07) is 8.32. The minimum atomic E-state index is 0.162. The summed E-state index contributed by atoms with van der Waals surface area (Å²) < 4.78 is 3.71. The van der Waals surface area contributed by atoms with E-state index < -0.39 is 0 Å². The molecule has 1 atom stereocenters. The van der Waals surface area contributed by atoms with Crippen LogP contribution in [-0.4, -0.2) is 15.4 Å². The van der Waals surface area contributed by atoms with Gasteiger partial charge in [0.25, 0.3) is 0 Å². The van der Waals surface area contributed by atoms with E-state index in [4.69, 9.17) is 0 Å². The highest BCUT2D eigenvalue weighted by atomic mass is 32.1. The third-order valence-corrected chi connectivity index (χ3v) is 3.73. The maximum Gasteiger partial charge on any atom is 0.176 e. The van der Waals surface area contributed by atoms with Gasteiger partial charge in [-0.15, -0.1) is 5.10 Å². The minimum absolute atomic E-state index is 0.162. The van der Waals surface area contributed by atoms with Crippen molar-refractivity contribution in [1.29, 1.82) is 0 Å². The SMILES string of the molecule is O=C(CC1Cc2ccccc21)c1cnns1. The second-order valence-electron chi connectivity index (χ2n) is 4.01. The molecule has 1 unspecified atom stereocenters. The molecule has 80 valence electrons. The van der Waals surface area contributed by atoms with E-state index in [0.29, 0.717) is 17.2 Å². The highest BCUT2D eigenvalue weighted by Crippen LogP contribution is 2.37. The quantitative estimate of drug-likeness (QED) is 0.761. The molecule has 0 radical (unpaired) electrons. The first-order valence-corrected chi connectivity index (χ1v) is 6.00. The zero-order valence-corrected chi connectivity index (χ0v) is 9.41. The van der Waals surface area contributed by atoms with Crippen molar-refractivity contribution < 1.29 is 4.79 Å². The summed E-state index contributed by atoms with van der Waals surface area (Å²) in [6.45, 7) is 0. The monoisotopic (exact) mass is 230 g/mol. The van der Waals surface area contributed by atoms with Crippen molar-refractivity contribution in [3.63, 3.8) is 0 Å². The molecule has 1 aromatic heterocycles. The molecule has 3 nitrogen and oxygen atoms in total. The van der Waals surface area contributed by atoms with Gasteiger partial charge >= 0.3 is 0 Å². The lowest BCUT2D eigenvalue weighted by Gasteiger charge is -2.29. The largest absolute Gasteiger partial charge is 0.293 e. The number of Topliss-reactive ketones (excluding diaryl/α,β-unsaturated/α-hetero) is 1. The first-order chi connectivity index (χ1) is 7.84. The predicted molar refractivity (Wildman–Crippen MR) is 61.7 cm³/mol. The summed E-state index contributed by atoms with van der Waals surface area (Å²) in [4.78, 5) is 12.5. The second kappa shape index (κ2) is 3.79. The van der Waals surface area contributed by atoms with Crippen LogP contribution in [0.1, 0.15) is 33.1 Å². The van der Waals surface area contributed by atoms with Gasteiger partial charge in [0, 0.05) is 6.42 Å². The fourth-order valence-corrected chi connectivity index (χ4v) is 2.62. The lowest BCUT2D eigenvalue weighted by Crippen LogP contribution is -2.19. The van der Waals surface area contributed by atoms with Crippen molar-refractivity contribution in [2.75, 3.05) is 0 Å². The third-order valence-electron chi connectivity index (χ3n) is 3.03. The Bertz CT molecular complexity index is 522. The maximum absolute atomic E-state index is 11.8. The first-order valence-electron chi connectivity index (χ1n) is 5.23. The zero-order chi connectivity index (χ0) is 11.0. The molecule has 1 aliphatic carbocycles.